The number of ketones is 1. The Morgan fingerprint density at radius 3 is 2.62 bits per heavy atom. The van der Waals surface area contributed by atoms with Gasteiger partial charge in [-0.25, -0.2) is 0 Å². The molecule has 1 rings (SSSR count). The molecule has 0 aliphatic carbocycles. The van der Waals surface area contributed by atoms with Crippen LogP contribution in [0.1, 0.15) is 39.5 Å². The first kappa shape index (κ1) is 13.2. The summed E-state index contributed by atoms with van der Waals surface area (Å²) in [5, 5.41) is 3.01. The van der Waals surface area contributed by atoms with Crippen molar-refractivity contribution in [3.63, 3.8) is 0 Å². The molecule has 4 nitrogen and oxygen atoms in total. The summed E-state index contributed by atoms with van der Waals surface area (Å²) in [6, 6.07) is 0.803. The van der Waals surface area contributed by atoms with E-state index in [2.05, 4.69) is 24.2 Å². The molecule has 0 saturated carbocycles. The Bertz CT molecular complexity index is 266. The van der Waals surface area contributed by atoms with Crippen LogP contribution in [0.4, 0.5) is 0 Å². The van der Waals surface area contributed by atoms with Crippen molar-refractivity contribution < 1.29 is 9.59 Å². The Kier molecular flexibility index (Phi) is 4.93. The lowest BCUT2D eigenvalue weighted by molar-refractivity contribution is -0.125. The summed E-state index contributed by atoms with van der Waals surface area (Å²) in [7, 11) is 2.11. The Labute approximate surface area is 97.4 Å². The van der Waals surface area contributed by atoms with Gasteiger partial charge in [0.2, 0.25) is 5.91 Å². The molecule has 0 radical (unpaired) electrons. The fourth-order valence-electron chi connectivity index (χ4n) is 2.01. The van der Waals surface area contributed by atoms with Crippen LogP contribution in [0.25, 0.3) is 0 Å². The minimum absolute atomic E-state index is 0.0111. The zero-order valence-corrected chi connectivity index (χ0v) is 10.5. The lowest BCUT2D eigenvalue weighted by atomic mass is 9.99. The zero-order valence-electron chi connectivity index (χ0n) is 10.5. The van der Waals surface area contributed by atoms with Crippen molar-refractivity contribution in [3.8, 4) is 0 Å². The van der Waals surface area contributed by atoms with Crippen molar-refractivity contribution >= 4 is 11.7 Å². The standard InChI is InChI=1S/C12H22N2O2/c1-9-8-11(6-7-14(9)3)13-12(16)5-4-10(2)15/h9,11H,4-8H2,1-3H3,(H,13,16). The molecule has 16 heavy (non-hydrogen) atoms. The highest BCUT2D eigenvalue weighted by molar-refractivity contribution is 5.83. The van der Waals surface area contributed by atoms with Crippen LogP contribution < -0.4 is 5.32 Å². The molecular formula is C12H22N2O2. The predicted molar refractivity (Wildman–Crippen MR) is 63.2 cm³/mol. The monoisotopic (exact) mass is 226 g/mol. The summed E-state index contributed by atoms with van der Waals surface area (Å²) >= 11 is 0. The molecule has 1 amide bonds. The number of piperidine rings is 1. The molecule has 92 valence electrons. The molecule has 1 fully saturated rings. The summed E-state index contributed by atoms with van der Waals surface area (Å²) in [6.07, 6.45) is 2.69. The lowest BCUT2D eigenvalue weighted by Gasteiger charge is -2.35. The van der Waals surface area contributed by atoms with Crippen LogP contribution in [0.15, 0.2) is 0 Å². The second-order valence-corrected chi connectivity index (χ2v) is 4.82. The van der Waals surface area contributed by atoms with Gasteiger partial charge in [0.1, 0.15) is 5.78 Å². The lowest BCUT2D eigenvalue weighted by Crippen LogP contribution is -2.47. The molecule has 2 unspecified atom stereocenters. The molecule has 0 aromatic carbocycles. The average Bonchev–Trinajstić information content (AvgIpc) is 2.21. The zero-order chi connectivity index (χ0) is 12.1. The first-order valence-corrected chi connectivity index (χ1v) is 5.98. The molecule has 0 spiro atoms. The summed E-state index contributed by atoms with van der Waals surface area (Å²) in [5.41, 5.74) is 0. The molecule has 1 N–H and O–H groups in total. The Morgan fingerprint density at radius 1 is 1.38 bits per heavy atom. The summed E-state index contributed by atoms with van der Waals surface area (Å²) in [4.78, 5) is 24.6. The molecule has 0 aromatic heterocycles. The number of rotatable bonds is 4. The van der Waals surface area contributed by atoms with E-state index in [1.54, 1.807) is 0 Å². The van der Waals surface area contributed by atoms with Gasteiger partial charge in [-0.15, -0.1) is 0 Å². The average molecular weight is 226 g/mol. The Balaban J connectivity index is 2.26. The minimum atomic E-state index is 0.0111. The highest BCUT2D eigenvalue weighted by Crippen LogP contribution is 2.15. The smallest absolute Gasteiger partial charge is 0.220 e. The Hall–Kier alpha value is -0.900. The molecule has 1 aliphatic rings. The molecule has 1 saturated heterocycles. The van der Waals surface area contributed by atoms with Crippen LogP contribution >= 0.6 is 0 Å². The number of carbonyl (C=O) groups is 2. The van der Waals surface area contributed by atoms with Crippen molar-refractivity contribution in [1.82, 2.24) is 10.2 Å². The molecule has 0 bridgehead atoms. The van der Waals surface area contributed by atoms with E-state index in [-0.39, 0.29) is 17.7 Å². The molecule has 4 heteroatoms. The maximum absolute atomic E-state index is 11.5. The van der Waals surface area contributed by atoms with E-state index >= 15 is 0 Å². The topological polar surface area (TPSA) is 49.4 Å². The highest BCUT2D eigenvalue weighted by atomic mass is 16.2. The molecular weight excluding hydrogens is 204 g/mol. The number of hydrogen-bond acceptors (Lipinski definition) is 3. The van der Waals surface area contributed by atoms with Gasteiger partial charge in [0.15, 0.2) is 0 Å². The number of likely N-dealkylation sites (tertiary alicyclic amines) is 1. The first-order chi connectivity index (χ1) is 7.49. The van der Waals surface area contributed by atoms with Gasteiger partial charge in [0.05, 0.1) is 0 Å². The van der Waals surface area contributed by atoms with E-state index in [0.29, 0.717) is 18.9 Å². The van der Waals surface area contributed by atoms with Gasteiger partial charge in [0, 0.05) is 31.5 Å². The number of carbonyl (C=O) groups excluding carboxylic acids is 2. The van der Waals surface area contributed by atoms with Gasteiger partial charge in [-0.05, 0) is 33.7 Å². The Morgan fingerprint density at radius 2 is 2.06 bits per heavy atom. The molecule has 1 heterocycles. The van der Waals surface area contributed by atoms with Gasteiger partial charge in [-0.3, -0.25) is 4.79 Å². The maximum atomic E-state index is 11.5. The summed E-state index contributed by atoms with van der Waals surface area (Å²) in [6.45, 7) is 4.72. The van der Waals surface area contributed by atoms with Crippen LogP contribution in [-0.2, 0) is 9.59 Å². The normalized spacial score (nSPS) is 26.4. The van der Waals surface area contributed by atoms with Crippen LogP contribution in [0.2, 0.25) is 0 Å². The quantitative estimate of drug-likeness (QED) is 0.776. The number of nitrogens with zero attached hydrogens (tertiary/aromatic N) is 1. The van der Waals surface area contributed by atoms with E-state index in [1.807, 2.05) is 0 Å². The van der Waals surface area contributed by atoms with Crippen LogP contribution in [0, 0.1) is 0 Å². The third kappa shape index (κ3) is 4.31. The van der Waals surface area contributed by atoms with E-state index in [9.17, 15) is 9.59 Å². The number of nitrogens with one attached hydrogen (secondary N) is 1. The number of hydrogen-bond donors (Lipinski definition) is 1. The molecule has 2 atom stereocenters. The minimum Gasteiger partial charge on any atom is -0.353 e. The van der Waals surface area contributed by atoms with Crippen molar-refractivity contribution in [2.45, 2.75) is 51.6 Å². The van der Waals surface area contributed by atoms with Gasteiger partial charge in [-0.2, -0.15) is 0 Å². The van der Waals surface area contributed by atoms with Crippen molar-refractivity contribution in [3.05, 3.63) is 0 Å². The third-order valence-corrected chi connectivity index (χ3v) is 3.28. The largest absolute Gasteiger partial charge is 0.353 e. The van der Waals surface area contributed by atoms with E-state index < -0.39 is 0 Å². The predicted octanol–water partition coefficient (Wildman–Crippen LogP) is 0.954. The third-order valence-electron chi connectivity index (χ3n) is 3.28. The second-order valence-electron chi connectivity index (χ2n) is 4.82. The van der Waals surface area contributed by atoms with Gasteiger partial charge < -0.3 is 15.0 Å². The summed E-state index contributed by atoms with van der Waals surface area (Å²) in [5.74, 6) is 0.0869. The SMILES string of the molecule is CC(=O)CCC(=O)NC1CCN(C)C(C)C1. The van der Waals surface area contributed by atoms with E-state index in [0.717, 1.165) is 19.4 Å². The fraction of sp³-hybridized carbons (Fsp3) is 0.833. The first-order valence-electron chi connectivity index (χ1n) is 5.98. The summed E-state index contributed by atoms with van der Waals surface area (Å²) < 4.78 is 0. The van der Waals surface area contributed by atoms with Gasteiger partial charge >= 0.3 is 0 Å². The van der Waals surface area contributed by atoms with Crippen molar-refractivity contribution in [2.24, 2.45) is 0 Å². The van der Waals surface area contributed by atoms with Crippen molar-refractivity contribution in [1.29, 1.82) is 0 Å². The van der Waals surface area contributed by atoms with Crippen LogP contribution in [-0.4, -0.2) is 42.3 Å². The van der Waals surface area contributed by atoms with E-state index in [1.165, 1.54) is 6.92 Å². The molecule has 1 aliphatic heterocycles. The maximum Gasteiger partial charge on any atom is 0.220 e. The second kappa shape index (κ2) is 5.99. The van der Waals surface area contributed by atoms with Gasteiger partial charge in [0.25, 0.3) is 0 Å². The molecule has 0 aromatic rings. The fourth-order valence-corrected chi connectivity index (χ4v) is 2.01. The van der Waals surface area contributed by atoms with Crippen LogP contribution in [0.5, 0.6) is 0 Å². The van der Waals surface area contributed by atoms with Crippen LogP contribution in [0.3, 0.4) is 0 Å². The number of Topliss-reactive ketones (excluding diaryl/α,β-unsaturated/α-hetero) is 1. The highest BCUT2D eigenvalue weighted by Gasteiger charge is 2.23. The van der Waals surface area contributed by atoms with E-state index in [4.69, 9.17) is 0 Å². The number of amides is 1. The van der Waals surface area contributed by atoms with Crippen molar-refractivity contribution in [2.75, 3.05) is 13.6 Å². The van der Waals surface area contributed by atoms with Gasteiger partial charge in [-0.1, -0.05) is 0 Å².